The van der Waals surface area contributed by atoms with E-state index in [9.17, 15) is 0 Å². The van der Waals surface area contributed by atoms with Gasteiger partial charge in [-0.2, -0.15) is 0 Å². The first-order valence-corrected chi connectivity index (χ1v) is 6.95. The van der Waals surface area contributed by atoms with Gasteiger partial charge in [0, 0.05) is 51.2 Å². The van der Waals surface area contributed by atoms with Crippen LogP contribution >= 0.6 is 24.8 Å². The number of fused-ring (bicyclic) bond motifs is 1. The molecule has 1 aromatic carbocycles. The van der Waals surface area contributed by atoms with E-state index < -0.39 is 0 Å². The van der Waals surface area contributed by atoms with Crippen molar-refractivity contribution in [3.8, 4) is 0 Å². The second-order valence-corrected chi connectivity index (χ2v) is 6.52. The molecule has 0 radical (unpaired) electrons. The van der Waals surface area contributed by atoms with E-state index >= 15 is 0 Å². The lowest BCUT2D eigenvalue weighted by Gasteiger charge is -2.59. The van der Waals surface area contributed by atoms with Crippen LogP contribution in [0.1, 0.15) is 16.7 Å². The number of nitrogens with zero attached hydrogens (tertiary/aromatic N) is 2. The quantitative estimate of drug-likeness (QED) is 0.899. The summed E-state index contributed by atoms with van der Waals surface area (Å²) in [6.07, 6.45) is 0. The molecule has 3 heterocycles. The van der Waals surface area contributed by atoms with E-state index in [0.717, 1.165) is 19.6 Å². The molecule has 20 heavy (non-hydrogen) atoms. The van der Waals surface area contributed by atoms with Crippen LogP contribution in [0.15, 0.2) is 18.2 Å². The minimum Gasteiger partial charge on any atom is -0.309 e. The van der Waals surface area contributed by atoms with Crippen LogP contribution in [0.4, 0.5) is 0 Å². The van der Waals surface area contributed by atoms with Gasteiger partial charge in [-0.3, -0.25) is 4.90 Å². The van der Waals surface area contributed by atoms with Crippen molar-refractivity contribution in [2.45, 2.75) is 19.6 Å². The van der Waals surface area contributed by atoms with Gasteiger partial charge in [0.2, 0.25) is 0 Å². The molecule has 0 bridgehead atoms. The zero-order valence-corrected chi connectivity index (χ0v) is 13.5. The predicted molar refractivity (Wildman–Crippen MR) is 86.7 cm³/mol. The van der Waals surface area contributed by atoms with Crippen LogP contribution in [-0.2, 0) is 19.6 Å². The second kappa shape index (κ2) is 5.82. The van der Waals surface area contributed by atoms with Crippen molar-refractivity contribution in [3.05, 3.63) is 34.9 Å². The first-order valence-electron chi connectivity index (χ1n) is 6.95. The molecular formula is C15H23Cl2N3. The molecule has 112 valence electrons. The zero-order valence-electron chi connectivity index (χ0n) is 11.9. The minimum atomic E-state index is 0. The normalized spacial score (nSPS) is 23.2. The average Bonchev–Trinajstić information content (AvgIpc) is 2.71. The Bertz CT molecular complexity index is 478. The zero-order chi connectivity index (χ0) is 12.2. The minimum absolute atomic E-state index is 0. The van der Waals surface area contributed by atoms with Gasteiger partial charge in [-0.05, 0) is 23.7 Å². The molecule has 3 aliphatic rings. The maximum absolute atomic E-state index is 3.41. The molecule has 4 rings (SSSR count). The van der Waals surface area contributed by atoms with Crippen LogP contribution in [0.25, 0.3) is 0 Å². The Balaban J connectivity index is 0.000000735. The Morgan fingerprint density at radius 2 is 1.75 bits per heavy atom. The summed E-state index contributed by atoms with van der Waals surface area (Å²) in [7, 11) is 2.22. The maximum Gasteiger partial charge on any atom is 0.0234 e. The van der Waals surface area contributed by atoms with Crippen LogP contribution < -0.4 is 5.32 Å². The van der Waals surface area contributed by atoms with Crippen molar-refractivity contribution >= 4 is 24.8 Å². The Morgan fingerprint density at radius 3 is 2.45 bits per heavy atom. The van der Waals surface area contributed by atoms with E-state index in [1.165, 1.54) is 42.9 Å². The summed E-state index contributed by atoms with van der Waals surface area (Å²) in [4.78, 5) is 5.02. The average molecular weight is 316 g/mol. The molecule has 5 heteroatoms. The lowest BCUT2D eigenvalue weighted by Crippen LogP contribution is -2.70. The third-order valence-electron chi connectivity index (χ3n) is 4.64. The Hall–Kier alpha value is -0.320. The summed E-state index contributed by atoms with van der Waals surface area (Å²) < 4.78 is 0. The molecule has 2 saturated heterocycles. The summed E-state index contributed by atoms with van der Waals surface area (Å²) in [5.74, 6) is 0. The van der Waals surface area contributed by atoms with Gasteiger partial charge in [-0.1, -0.05) is 18.2 Å². The van der Waals surface area contributed by atoms with E-state index in [-0.39, 0.29) is 24.8 Å². The highest BCUT2D eigenvalue weighted by Crippen LogP contribution is 2.39. The molecule has 0 unspecified atom stereocenters. The number of hydrogen-bond donors (Lipinski definition) is 1. The second-order valence-electron chi connectivity index (χ2n) is 6.52. The van der Waals surface area contributed by atoms with Crippen molar-refractivity contribution < 1.29 is 0 Å². The lowest BCUT2D eigenvalue weighted by atomic mass is 9.73. The van der Waals surface area contributed by atoms with Crippen molar-refractivity contribution in [3.63, 3.8) is 0 Å². The molecule has 3 aliphatic heterocycles. The summed E-state index contributed by atoms with van der Waals surface area (Å²) in [5.41, 5.74) is 5.14. The molecule has 1 spiro atoms. The third kappa shape index (κ3) is 2.70. The largest absolute Gasteiger partial charge is 0.309 e. The number of nitrogens with one attached hydrogen (secondary N) is 1. The molecule has 0 atom stereocenters. The summed E-state index contributed by atoms with van der Waals surface area (Å²) in [6, 6.07) is 7.01. The van der Waals surface area contributed by atoms with E-state index in [4.69, 9.17) is 0 Å². The molecule has 1 N–H and O–H groups in total. The van der Waals surface area contributed by atoms with Gasteiger partial charge in [-0.15, -0.1) is 24.8 Å². The van der Waals surface area contributed by atoms with Gasteiger partial charge < -0.3 is 10.2 Å². The highest BCUT2D eigenvalue weighted by Gasteiger charge is 2.49. The molecule has 2 fully saturated rings. The summed E-state index contributed by atoms with van der Waals surface area (Å²) in [5, 5.41) is 3.41. The number of rotatable bonds is 2. The molecule has 1 aromatic rings. The molecule has 0 amide bonds. The molecular weight excluding hydrogens is 293 g/mol. The summed E-state index contributed by atoms with van der Waals surface area (Å²) >= 11 is 0. The number of halogens is 2. The molecule has 0 aromatic heterocycles. The molecule has 0 saturated carbocycles. The topological polar surface area (TPSA) is 18.5 Å². The molecule has 0 aliphatic carbocycles. The SMILES string of the molecule is CN1CC2(C1)CN(Cc1ccc3c(c1)CNC3)C2.Cl.Cl. The number of benzene rings is 1. The van der Waals surface area contributed by atoms with E-state index in [1.807, 2.05) is 0 Å². The van der Waals surface area contributed by atoms with E-state index in [0.29, 0.717) is 5.41 Å². The fourth-order valence-electron chi connectivity index (χ4n) is 4.02. The van der Waals surface area contributed by atoms with Crippen LogP contribution in [0, 0.1) is 5.41 Å². The summed E-state index contributed by atoms with van der Waals surface area (Å²) in [6.45, 7) is 8.44. The van der Waals surface area contributed by atoms with Crippen LogP contribution in [-0.4, -0.2) is 43.0 Å². The first-order chi connectivity index (χ1) is 8.72. The maximum atomic E-state index is 3.41. The van der Waals surface area contributed by atoms with E-state index in [1.54, 1.807) is 0 Å². The number of hydrogen-bond acceptors (Lipinski definition) is 3. The van der Waals surface area contributed by atoms with Gasteiger partial charge in [0.1, 0.15) is 0 Å². The monoisotopic (exact) mass is 315 g/mol. The van der Waals surface area contributed by atoms with E-state index in [2.05, 4.69) is 40.4 Å². The van der Waals surface area contributed by atoms with Crippen LogP contribution in [0.5, 0.6) is 0 Å². The van der Waals surface area contributed by atoms with Crippen LogP contribution in [0.2, 0.25) is 0 Å². The highest BCUT2D eigenvalue weighted by atomic mass is 35.5. The van der Waals surface area contributed by atoms with Crippen molar-refractivity contribution in [1.29, 1.82) is 0 Å². The van der Waals surface area contributed by atoms with Gasteiger partial charge in [0.25, 0.3) is 0 Å². The fraction of sp³-hybridized carbons (Fsp3) is 0.600. The smallest absolute Gasteiger partial charge is 0.0234 e. The van der Waals surface area contributed by atoms with Crippen LogP contribution in [0.3, 0.4) is 0 Å². The first kappa shape index (κ1) is 16.1. The van der Waals surface area contributed by atoms with Crippen molar-refractivity contribution in [1.82, 2.24) is 15.1 Å². The predicted octanol–water partition coefficient (Wildman–Crippen LogP) is 1.88. The molecule has 3 nitrogen and oxygen atoms in total. The lowest BCUT2D eigenvalue weighted by molar-refractivity contribution is -0.107. The van der Waals surface area contributed by atoms with Gasteiger partial charge in [0.05, 0.1) is 0 Å². The highest BCUT2D eigenvalue weighted by molar-refractivity contribution is 5.85. The third-order valence-corrected chi connectivity index (χ3v) is 4.64. The number of likely N-dealkylation sites (tertiary alicyclic amines) is 2. The Labute approximate surface area is 133 Å². The Morgan fingerprint density at radius 1 is 1.05 bits per heavy atom. The van der Waals surface area contributed by atoms with Crippen molar-refractivity contribution in [2.24, 2.45) is 5.41 Å². The fourth-order valence-corrected chi connectivity index (χ4v) is 4.02. The van der Waals surface area contributed by atoms with Gasteiger partial charge >= 0.3 is 0 Å². The Kier molecular flexibility index (Phi) is 4.67. The van der Waals surface area contributed by atoms with Crippen molar-refractivity contribution in [2.75, 3.05) is 33.2 Å². The van der Waals surface area contributed by atoms with Gasteiger partial charge in [0.15, 0.2) is 0 Å². The van der Waals surface area contributed by atoms with Gasteiger partial charge in [-0.25, -0.2) is 0 Å². The standard InChI is InChI=1S/C15H21N3.2ClH/c1-17-8-15(9-17)10-18(11-15)7-12-2-3-13-5-16-6-14(13)4-12;;/h2-4,16H,5-11H2,1H3;2*1H.